The highest BCUT2D eigenvalue weighted by Crippen LogP contribution is 2.11. The molecule has 7 heteroatoms. The number of nitrogens with zero attached hydrogens (tertiary/aromatic N) is 2. The summed E-state index contributed by atoms with van der Waals surface area (Å²) in [5.74, 6) is 0. The molecule has 0 amide bonds. The van der Waals surface area contributed by atoms with E-state index in [1.165, 1.54) is 38.8 Å². The maximum absolute atomic E-state index is 10.6. The van der Waals surface area contributed by atoms with Crippen LogP contribution in [0.3, 0.4) is 0 Å². The number of nitrogens with one attached hydrogen (secondary N) is 1. The number of benzene rings is 1. The average Bonchev–Trinajstić information content (AvgIpc) is 2.56. The lowest BCUT2D eigenvalue weighted by molar-refractivity contribution is -0.384. The van der Waals surface area contributed by atoms with Crippen molar-refractivity contribution >= 4 is 30.5 Å². The van der Waals surface area contributed by atoms with Crippen LogP contribution in [0.1, 0.15) is 51.5 Å². The van der Waals surface area contributed by atoms with Gasteiger partial charge in [-0.2, -0.15) is 0 Å². The van der Waals surface area contributed by atoms with Crippen LogP contribution in [0.15, 0.2) is 24.3 Å². The quantitative estimate of drug-likeness (QED) is 0.296. The first-order valence-corrected chi connectivity index (χ1v) is 8.83. The largest absolute Gasteiger partial charge is 0.313 e. The molecule has 0 bridgehead atoms. The molecule has 1 aromatic carbocycles. The van der Waals surface area contributed by atoms with Crippen molar-refractivity contribution in [1.82, 2.24) is 10.2 Å². The molecule has 0 radical (unpaired) electrons. The first-order valence-electron chi connectivity index (χ1n) is 8.83. The van der Waals surface area contributed by atoms with Crippen molar-refractivity contribution in [2.24, 2.45) is 0 Å². The maximum Gasteiger partial charge on any atom is 0.269 e. The highest BCUT2D eigenvalue weighted by atomic mass is 35.5. The van der Waals surface area contributed by atoms with Gasteiger partial charge in [-0.3, -0.25) is 10.1 Å². The zero-order chi connectivity index (χ0) is 16.9. The van der Waals surface area contributed by atoms with Crippen molar-refractivity contribution in [3.05, 3.63) is 39.9 Å². The molecule has 0 aliphatic carbocycles. The summed E-state index contributed by atoms with van der Waals surface area (Å²) in [4.78, 5) is 12.8. The predicted molar refractivity (Wildman–Crippen MR) is 110 cm³/mol. The summed E-state index contributed by atoms with van der Waals surface area (Å²) in [7, 11) is 0. The van der Waals surface area contributed by atoms with Gasteiger partial charge in [0.25, 0.3) is 5.69 Å². The molecule has 0 spiro atoms. The lowest BCUT2D eigenvalue weighted by Crippen LogP contribution is -2.29. The van der Waals surface area contributed by atoms with Gasteiger partial charge < -0.3 is 10.2 Å². The summed E-state index contributed by atoms with van der Waals surface area (Å²) in [6.45, 7) is 9.78. The number of unbranched alkanes of at least 4 members (excludes halogenated alkanes) is 2. The summed E-state index contributed by atoms with van der Waals surface area (Å²) in [5.41, 5.74) is 1.24. The van der Waals surface area contributed by atoms with Gasteiger partial charge in [0.05, 0.1) is 4.92 Å². The van der Waals surface area contributed by atoms with Crippen LogP contribution in [0.25, 0.3) is 0 Å². The number of nitro groups is 1. The molecule has 0 saturated heterocycles. The van der Waals surface area contributed by atoms with Crippen molar-refractivity contribution in [2.45, 2.75) is 52.5 Å². The minimum atomic E-state index is -0.363. The normalized spacial score (nSPS) is 10.2. The standard InChI is InChI=1S/C18H31N3O2.2ClH/c1-3-5-13-20(14-6-4-2)15-7-12-19-16-17-8-10-18(11-9-17)21(22)23;;/h8-11,19H,3-7,12-16H2,1-2H3;2*1H. The molecule has 0 saturated carbocycles. The van der Waals surface area contributed by atoms with E-state index in [4.69, 9.17) is 0 Å². The number of hydrogen-bond donors (Lipinski definition) is 1. The average molecular weight is 394 g/mol. The lowest BCUT2D eigenvalue weighted by atomic mass is 10.2. The van der Waals surface area contributed by atoms with Crippen molar-refractivity contribution in [3.8, 4) is 0 Å². The van der Waals surface area contributed by atoms with Gasteiger partial charge >= 0.3 is 0 Å². The molecule has 0 aliphatic heterocycles. The molecule has 1 N–H and O–H groups in total. The molecular formula is C18H33Cl2N3O2. The molecule has 0 unspecified atom stereocenters. The van der Waals surface area contributed by atoms with Gasteiger partial charge in [0.1, 0.15) is 0 Å². The second-order valence-corrected chi connectivity index (χ2v) is 6.00. The van der Waals surface area contributed by atoms with Crippen LogP contribution in [0.2, 0.25) is 0 Å². The van der Waals surface area contributed by atoms with Crippen molar-refractivity contribution < 1.29 is 4.92 Å². The molecule has 146 valence electrons. The van der Waals surface area contributed by atoms with Crippen molar-refractivity contribution in [1.29, 1.82) is 0 Å². The molecule has 1 rings (SSSR count). The molecule has 0 atom stereocenters. The predicted octanol–water partition coefficient (Wildman–Crippen LogP) is 4.82. The molecule has 1 aromatic rings. The van der Waals surface area contributed by atoms with Gasteiger partial charge in [-0.1, -0.05) is 38.8 Å². The number of nitro benzene ring substituents is 1. The SMILES string of the molecule is CCCCN(CCCC)CCCNCc1ccc([N+](=O)[O-])cc1.Cl.Cl. The van der Waals surface area contributed by atoms with Gasteiger partial charge in [0.15, 0.2) is 0 Å². The molecule has 0 fully saturated rings. The van der Waals surface area contributed by atoms with Crippen LogP contribution in [0.4, 0.5) is 5.69 Å². The Morgan fingerprint density at radius 1 is 0.960 bits per heavy atom. The van der Waals surface area contributed by atoms with Crippen molar-refractivity contribution in [3.63, 3.8) is 0 Å². The Kier molecular flexibility index (Phi) is 17.5. The van der Waals surface area contributed by atoms with Crippen LogP contribution < -0.4 is 5.32 Å². The number of hydrogen-bond acceptors (Lipinski definition) is 4. The van der Waals surface area contributed by atoms with E-state index in [-0.39, 0.29) is 35.4 Å². The Hall–Kier alpha value is -0.880. The van der Waals surface area contributed by atoms with Crippen LogP contribution in [0, 0.1) is 10.1 Å². The van der Waals surface area contributed by atoms with E-state index in [0.717, 1.165) is 31.6 Å². The molecule has 25 heavy (non-hydrogen) atoms. The Bertz CT molecular complexity index is 436. The third-order valence-electron chi connectivity index (χ3n) is 3.96. The number of rotatable bonds is 13. The Morgan fingerprint density at radius 3 is 1.96 bits per heavy atom. The lowest BCUT2D eigenvalue weighted by Gasteiger charge is -2.21. The van der Waals surface area contributed by atoms with E-state index in [1.54, 1.807) is 12.1 Å². The summed E-state index contributed by atoms with van der Waals surface area (Å²) in [6.07, 6.45) is 6.20. The smallest absolute Gasteiger partial charge is 0.269 e. The fourth-order valence-electron chi connectivity index (χ4n) is 2.49. The minimum Gasteiger partial charge on any atom is -0.313 e. The van der Waals surface area contributed by atoms with E-state index < -0.39 is 0 Å². The van der Waals surface area contributed by atoms with E-state index >= 15 is 0 Å². The monoisotopic (exact) mass is 393 g/mol. The van der Waals surface area contributed by atoms with Crippen LogP contribution >= 0.6 is 24.8 Å². The van der Waals surface area contributed by atoms with Gasteiger partial charge in [0.2, 0.25) is 0 Å². The van der Waals surface area contributed by atoms with Gasteiger partial charge in [0, 0.05) is 18.7 Å². The van der Waals surface area contributed by atoms with E-state index in [9.17, 15) is 10.1 Å². The summed E-state index contributed by atoms with van der Waals surface area (Å²) >= 11 is 0. The Morgan fingerprint density at radius 2 is 1.48 bits per heavy atom. The molecule has 5 nitrogen and oxygen atoms in total. The Labute approximate surface area is 164 Å². The van der Waals surface area contributed by atoms with Crippen LogP contribution in [-0.2, 0) is 6.54 Å². The third-order valence-corrected chi connectivity index (χ3v) is 3.96. The summed E-state index contributed by atoms with van der Waals surface area (Å²) in [5, 5.41) is 14.0. The number of halogens is 2. The van der Waals surface area contributed by atoms with Gasteiger partial charge in [-0.15, -0.1) is 24.8 Å². The summed E-state index contributed by atoms with van der Waals surface area (Å²) in [6, 6.07) is 6.77. The molecule has 0 heterocycles. The Balaban J connectivity index is 0. The van der Waals surface area contributed by atoms with E-state index in [2.05, 4.69) is 24.1 Å². The zero-order valence-corrected chi connectivity index (χ0v) is 17.0. The van der Waals surface area contributed by atoms with Gasteiger partial charge in [-0.25, -0.2) is 0 Å². The highest BCUT2D eigenvalue weighted by Gasteiger charge is 2.05. The maximum atomic E-state index is 10.6. The third kappa shape index (κ3) is 12.2. The fraction of sp³-hybridized carbons (Fsp3) is 0.667. The first-order chi connectivity index (χ1) is 11.2. The van der Waals surface area contributed by atoms with Gasteiger partial charge in [-0.05, 0) is 51.0 Å². The second-order valence-electron chi connectivity index (χ2n) is 6.00. The van der Waals surface area contributed by atoms with E-state index in [0.29, 0.717) is 0 Å². The molecular weight excluding hydrogens is 361 g/mol. The zero-order valence-electron chi connectivity index (χ0n) is 15.4. The fourth-order valence-corrected chi connectivity index (χ4v) is 2.49. The molecule has 0 aromatic heterocycles. The molecule has 0 aliphatic rings. The van der Waals surface area contributed by atoms with E-state index in [1.807, 2.05) is 12.1 Å². The summed E-state index contributed by atoms with van der Waals surface area (Å²) < 4.78 is 0. The van der Waals surface area contributed by atoms with Crippen molar-refractivity contribution in [2.75, 3.05) is 26.2 Å². The van der Waals surface area contributed by atoms with Crippen LogP contribution in [0.5, 0.6) is 0 Å². The number of non-ortho nitro benzene ring substituents is 1. The minimum absolute atomic E-state index is 0. The second kappa shape index (κ2) is 16.6. The highest BCUT2D eigenvalue weighted by molar-refractivity contribution is 5.85. The topological polar surface area (TPSA) is 58.4 Å². The van der Waals surface area contributed by atoms with Crippen LogP contribution in [-0.4, -0.2) is 36.0 Å². The first kappa shape index (κ1) is 26.4.